The van der Waals surface area contributed by atoms with Crippen molar-refractivity contribution in [2.45, 2.75) is 46.1 Å². The summed E-state index contributed by atoms with van der Waals surface area (Å²) in [5.74, 6) is 0. The molecule has 0 aliphatic heterocycles. The van der Waals surface area contributed by atoms with Crippen LogP contribution in [0.2, 0.25) is 0 Å². The third kappa shape index (κ3) is 2.98. The molecule has 0 radical (unpaired) electrons. The monoisotopic (exact) mass is 206 g/mol. The molecule has 0 saturated carbocycles. The number of aryl methyl sites for hydroxylation is 2. The van der Waals surface area contributed by atoms with Crippen molar-refractivity contribution in [3.8, 4) is 6.07 Å². The maximum Gasteiger partial charge on any atom is 0.0825 e. The summed E-state index contributed by atoms with van der Waals surface area (Å²) in [5.41, 5.74) is 8.58. The van der Waals surface area contributed by atoms with Gasteiger partial charge in [0.25, 0.3) is 0 Å². The number of rotatable bonds is 5. The molecule has 4 nitrogen and oxygen atoms in total. The Morgan fingerprint density at radius 2 is 2.07 bits per heavy atom. The lowest BCUT2D eigenvalue weighted by molar-refractivity contribution is 0.534. The van der Waals surface area contributed by atoms with E-state index in [1.165, 1.54) is 0 Å². The second-order valence-corrected chi connectivity index (χ2v) is 3.78. The first-order valence-corrected chi connectivity index (χ1v) is 5.33. The van der Waals surface area contributed by atoms with Crippen LogP contribution in [-0.4, -0.2) is 9.78 Å². The number of nitrogen functional groups attached to an aromatic ring is 1. The summed E-state index contributed by atoms with van der Waals surface area (Å²) in [6, 6.07) is 2.15. The van der Waals surface area contributed by atoms with Gasteiger partial charge in [0.05, 0.1) is 23.1 Å². The predicted octanol–water partition coefficient (Wildman–Crippen LogP) is 2.17. The molecule has 1 aromatic heterocycles. The molecule has 0 spiro atoms. The molecular formula is C11H18N4. The summed E-state index contributed by atoms with van der Waals surface area (Å²) in [4.78, 5) is 0. The van der Waals surface area contributed by atoms with Gasteiger partial charge in [0.2, 0.25) is 0 Å². The minimum atomic E-state index is 0.652. The van der Waals surface area contributed by atoms with E-state index >= 15 is 0 Å². The Morgan fingerprint density at radius 3 is 2.60 bits per heavy atom. The average Bonchev–Trinajstić information content (AvgIpc) is 2.46. The molecule has 15 heavy (non-hydrogen) atoms. The lowest BCUT2D eigenvalue weighted by Crippen LogP contribution is -2.03. The molecule has 2 N–H and O–H groups in total. The molecule has 0 aliphatic rings. The van der Waals surface area contributed by atoms with E-state index in [-0.39, 0.29) is 0 Å². The first-order chi connectivity index (χ1) is 7.16. The van der Waals surface area contributed by atoms with Gasteiger partial charge in [-0.1, -0.05) is 6.42 Å². The Morgan fingerprint density at radius 1 is 1.33 bits per heavy atom. The van der Waals surface area contributed by atoms with Crippen molar-refractivity contribution < 1.29 is 0 Å². The Labute approximate surface area is 90.7 Å². The van der Waals surface area contributed by atoms with Gasteiger partial charge in [-0.3, -0.25) is 4.68 Å². The van der Waals surface area contributed by atoms with Crippen molar-refractivity contribution in [3.63, 3.8) is 0 Å². The van der Waals surface area contributed by atoms with Crippen molar-refractivity contribution in [3.05, 3.63) is 11.4 Å². The number of nitrogens with zero attached hydrogens (tertiary/aromatic N) is 3. The fraction of sp³-hybridized carbons (Fsp3) is 0.636. The number of nitriles is 1. The SMILES string of the molecule is Cc1nn(CCCCCC#N)c(C)c1N. The fourth-order valence-electron chi connectivity index (χ4n) is 1.57. The molecule has 0 aliphatic carbocycles. The second kappa shape index (κ2) is 5.40. The van der Waals surface area contributed by atoms with Gasteiger partial charge in [-0.2, -0.15) is 10.4 Å². The van der Waals surface area contributed by atoms with E-state index in [4.69, 9.17) is 11.0 Å². The third-order valence-electron chi connectivity index (χ3n) is 2.60. The summed E-state index contributed by atoms with van der Waals surface area (Å²) >= 11 is 0. The summed E-state index contributed by atoms with van der Waals surface area (Å²) < 4.78 is 1.96. The van der Waals surface area contributed by atoms with E-state index in [9.17, 15) is 0 Å². The summed E-state index contributed by atoms with van der Waals surface area (Å²) in [7, 11) is 0. The van der Waals surface area contributed by atoms with Crippen LogP contribution >= 0.6 is 0 Å². The number of hydrogen-bond acceptors (Lipinski definition) is 3. The molecular weight excluding hydrogens is 188 g/mol. The number of unbranched alkanes of at least 4 members (excludes halogenated alkanes) is 3. The van der Waals surface area contributed by atoms with Crippen LogP contribution in [0.4, 0.5) is 5.69 Å². The van der Waals surface area contributed by atoms with E-state index < -0.39 is 0 Å². The molecule has 0 bridgehead atoms. The first kappa shape index (κ1) is 11.6. The van der Waals surface area contributed by atoms with Crippen LogP contribution in [0.15, 0.2) is 0 Å². The molecule has 0 saturated heterocycles. The highest BCUT2D eigenvalue weighted by Crippen LogP contribution is 2.15. The third-order valence-corrected chi connectivity index (χ3v) is 2.60. The van der Waals surface area contributed by atoms with Crippen molar-refractivity contribution in [1.82, 2.24) is 9.78 Å². The van der Waals surface area contributed by atoms with Gasteiger partial charge in [0.1, 0.15) is 0 Å². The predicted molar refractivity (Wildman–Crippen MR) is 60.2 cm³/mol. The Balaban J connectivity index is 2.38. The summed E-state index contributed by atoms with van der Waals surface area (Å²) in [6.45, 7) is 4.81. The van der Waals surface area contributed by atoms with Crippen molar-refractivity contribution >= 4 is 5.69 Å². The van der Waals surface area contributed by atoms with Crippen molar-refractivity contribution in [1.29, 1.82) is 5.26 Å². The maximum absolute atomic E-state index is 8.38. The van der Waals surface area contributed by atoms with Crippen molar-refractivity contribution in [2.75, 3.05) is 5.73 Å². The molecule has 1 heterocycles. The van der Waals surface area contributed by atoms with Crippen molar-refractivity contribution in [2.24, 2.45) is 0 Å². The molecule has 1 aromatic rings. The van der Waals surface area contributed by atoms with E-state index in [1.54, 1.807) is 0 Å². The van der Waals surface area contributed by atoms with Crippen LogP contribution in [-0.2, 0) is 6.54 Å². The summed E-state index contributed by atoms with van der Waals surface area (Å²) in [6.07, 6.45) is 3.76. The molecule has 0 amide bonds. The summed E-state index contributed by atoms with van der Waals surface area (Å²) in [5, 5.41) is 12.7. The standard InChI is InChI=1S/C11H18N4/c1-9-11(13)10(2)15(14-9)8-6-4-3-5-7-12/h3-6,8,13H2,1-2H3. The van der Waals surface area contributed by atoms with Gasteiger partial charge < -0.3 is 5.73 Å². The zero-order chi connectivity index (χ0) is 11.3. The van der Waals surface area contributed by atoms with Gasteiger partial charge in [-0.05, 0) is 26.7 Å². The highest BCUT2D eigenvalue weighted by molar-refractivity contribution is 5.46. The Kier molecular flexibility index (Phi) is 4.17. The number of anilines is 1. The van der Waals surface area contributed by atoms with Crippen LogP contribution < -0.4 is 5.73 Å². The van der Waals surface area contributed by atoms with E-state index in [1.807, 2.05) is 18.5 Å². The quantitative estimate of drug-likeness (QED) is 0.751. The van der Waals surface area contributed by atoms with Gasteiger partial charge in [-0.25, -0.2) is 0 Å². The van der Waals surface area contributed by atoms with Crippen LogP contribution in [0, 0.1) is 25.2 Å². The number of hydrogen-bond donors (Lipinski definition) is 1. The van der Waals surface area contributed by atoms with Crippen LogP contribution in [0.25, 0.3) is 0 Å². The number of aromatic nitrogens is 2. The average molecular weight is 206 g/mol. The smallest absolute Gasteiger partial charge is 0.0825 e. The highest BCUT2D eigenvalue weighted by Gasteiger charge is 2.06. The normalized spacial score (nSPS) is 10.2. The van der Waals surface area contributed by atoms with E-state index in [0.29, 0.717) is 6.42 Å². The minimum Gasteiger partial charge on any atom is -0.396 e. The fourth-order valence-corrected chi connectivity index (χ4v) is 1.57. The Bertz CT molecular complexity index is 359. The molecule has 1 rings (SSSR count). The lowest BCUT2D eigenvalue weighted by Gasteiger charge is -2.03. The van der Waals surface area contributed by atoms with E-state index in [0.717, 1.165) is 42.9 Å². The van der Waals surface area contributed by atoms with Gasteiger partial charge in [0, 0.05) is 13.0 Å². The van der Waals surface area contributed by atoms with E-state index in [2.05, 4.69) is 11.2 Å². The molecule has 4 heteroatoms. The minimum absolute atomic E-state index is 0.652. The highest BCUT2D eigenvalue weighted by atomic mass is 15.3. The first-order valence-electron chi connectivity index (χ1n) is 5.33. The largest absolute Gasteiger partial charge is 0.396 e. The molecule has 0 unspecified atom stereocenters. The Hall–Kier alpha value is -1.50. The lowest BCUT2D eigenvalue weighted by atomic mass is 10.2. The van der Waals surface area contributed by atoms with Crippen LogP contribution in [0.1, 0.15) is 37.1 Å². The zero-order valence-corrected chi connectivity index (χ0v) is 9.45. The number of nitrogens with two attached hydrogens (primary N) is 1. The second-order valence-electron chi connectivity index (χ2n) is 3.78. The molecule has 82 valence electrons. The molecule has 0 atom stereocenters. The molecule has 0 aromatic carbocycles. The van der Waals surface area contributed by atoms with Crippen LogP contribution in [0.3, 0.4) is 0 Å². The van der Waals surface area contributed by atoms with Gasteiger partial charge >= 0.3 is 0 Å². The maximum atomic E-state index is 8.38. The van der Waals surface area contributed by atoms with Crippen LogP contribution in [0.5, 0.6) is 0 Å². The van der Waals surface area contributed by atoms with Gasteiger partial charge in [0.15, 0.2) is 0 Å². The topological polar surface area (TPSA) is 67.6 Å². The van der Waals surface area contributed by atoms with Gasteiger partial charge in [-0.15, -0.1) is 0 Å². The zero-order valence-electron chi connectivity index (χ0n) is 9.45. The molecule has 0 fully saturated rings.